The number of carbonyl (C=O) groups is 2. The minimum atomic E-state index is -0.452. The number of halogens is 2. The molecule has 0 unspecified atom stereocenters. The van der Waals surface area contributed by atoms with Crippen molar-refractivity contribution >= 4 is 36.8 Å². The van der Waals surface area contributed by atoms with Crippen LogP contribution in [0.25, 0.3) is 0 Å². The van der Waals surface area contributed by atoms with Crippen molar-refractivity contribution in [1.29, 1.82) is 0 Å². The van der Waals surface area contributed by atoms with Crippen molar-refractivity contribution in [2.75, 3.05) is 14.2 Å². The number of esters is 2. The summed E-state index contributed by atoms with van der Waals surface area (Å²) in [7, 11) is 2.58. The largest absolute Gasteiger partial charge is 0.466 e. The van der Waals surface area contributed by atoms with E-state index in [-0.39, 0.29) is 31.2 Å². The molecule has 0 radical (unpaired) electrons. The van der Waals surface area contributed by atoms with Crippen LogP contribution < -0.4 is 5.32 Å². The highest BCUT2D eigenvalue weighted by atomic mass is 35.5. The Bertz CT molecular complexity index is 295. The normalized spacial score (nSPS) is 12.9. The lowest BCUT2D eigenvalue weighted by molar-refractivity contribution is -0.136. The summed E-state index contributed by atoms with van der Waals surface area (Å²) < 4.78 is 9.05. The summed E-state index contributed by atoms with van der Waals surface area (Å²) in [5.41, 5.74) is 0.797. The van der Waals surface area contributed by atoms with Gasteiger partial charge in [-0.1, -0.05) is 0 Å². The van der Waals surface area contributed by atoms with Gasteiger partial charge in [0.2, 0.25) is 0 Å². The summed E-state index contributed by atoms with van der Waals surface area (Å²) >= 11 is 0. The number of hydrogen-bond donors (Lipinski definition) is 1. The molecule has 0 amide bonds. The lowest BCUT2D eigenvalue weighted by Crippen LogP contribution is -2.18. The summed E-state index contributed by atoms with van der Waals surface area (Å²) in [5.74, 6) is -0.904. The van der Waals surface area contributed by atoms with Gasteiger partial charge < -0.3 is 14.8 Å². The number of dihydropyridines is 1. The predicted molar refractivity (Wildman–Crippen MR) is 62.4 cm³/mol. The molecule has 0 spiro atoms. The van der Waals surface area contributed by atoms with Crippen molar-refractivity contribution in [2.45, 2.75) is 6.42 Å². The third kappa shape index (κ3) is 4.12. The van der Waals surface area contributed by atoms with Crippen LogP contribution in [0.5, 0.6) is 0 Å². The predicted octanol–water partition coefficient (Wildman–Crippen LogP) is 0.937. The Morgan fingerprint density at radius 2 is 1.44 bits per heavy atom. The average molecular weight is 270 g/mol. The van der Waals surface area contributed by atoms with Gasteiger partial charge in [0.1, 0.15) is 0 Å². The van der Waals surface area contributed by atoms with E-state index in [1.807, 2.05) is 0 Å². The molecule has 0 saturated heterocycles. The van der Waals surface area contributed by atoms with Crippen molar-refractivity contribution in [2.24, 2.45) is 0 Å². The van der Waals surface area contributed by atoms with Crippen LogP contribution in [0, 0.1) is 0 Å². The molecule has 0 aliphatic carbocycles. The smallest absolute Gasteiger partial charge is 0.335 e. The van der Waals surface area contributed by atoms with Crippen LogP contribution in [0.15, 0.2) is 23.5 Å². The van der Waals surface area contributed by atoms with Gasteiger partial charge in [-0.3, -0.25) is 0 Å². The molecule has 0 saturated carbocycles. The van der Waals surface area contributed by atoms with Crippen molar-refractivity contribution in [3.8, 4) is 0 Å². The summed E-state index contributed by atoms with van der Waals surface area (Å²) in [4.78, 5) is 22.2. The number of ether oxygens (including phenoxy) is 2. The summed E-state index contributed by atoms with van der Waals surface area (Å²) in [5, 5.41) is 2.69. The molecule has 1 rings (SSSR count). The molecule has 5 nitrogen and oxygen atoms in total. The Morgan fingerprint density at radius 1 is 1.06 bits per heavy atom. The van der Waals surface area contributed by atoms with E-state index < -0.39 is 11.9 Å². The first kappa shape index (κ1) is 17.2. The molecule has 0 aromatic heterocycles. The highest BCUT2D eigenvalue weighted by Gasteiger charge is 2.19. The van der Waals surface area contributed by atoms with Gasteiger partial charge >= 0.3 is 11.9 Å². The maximum Gasteiger partial charge on any atom is 0.335 e. The second-order valence-corrected chi connectivity index (χ2v) is 2.67. The Kier molecular flexibility index (Phi) is 8.61. The Hall–Kier alpha value is -1.20. The van der Waals surface area contributed by atoms with Gasteiger partial charge in [0.15, 0.2) is 0 Å². The van der Waals surface area contributed by atoms with Gasteiger partial charge in [-0.15, -0.1) is 24.8 Å². The quantitative estimate of drug-likeness (QED) is 0.756. The van der Waals surface area contributed by atoms with Crippen molar-refractivity contribution in [1.82, 2.24) is 5.32 Å². The third-order valence-corrected chi connectivity index (χ3v) is 1.79. The van der Waals surface area contributed by atoms with E-state index >= 15 is 0 Å². The van der Waals surface area contributed by atoms with Crippen LogP contribution in [0.3, 0.4) is 0 Å². The van der Waals surface area contributed by atoms with E-state index in [1.54, 1.807) is 0 Å². The number of nitrogens with one attached hydrogen (secondary N) is 1. The highest BCUT2D eigenvalue weighted by molar-refractivity contribution is 5.95. The van der Waals surface area contributed by atoms with E-state index in [0.29, 0.717) is 11.1 Å². The van der Waals surface area contributed by atoms with E-state index in [2.05, 4.69) is 14.8 Å². The van der Waals surface area contributed by atoms with Crippen LogP contribution in [0.1, 0.15) is 6.42 Å². The van der Waals surface area contributed by atoms with Crippen molar-refractivity contribution < 1.29 is 19.1 Å². The summed E-state index contributed by atoms with van der Waals surface area (Å²) in [6.45, 7) is 0. The zero-order valence-corrected chi connectivity index (χ0v) is 10.4. The van der Waals surface area contributed by atoms with E-state index in [1.165, 1.54) is 26.6 Å². The zero-order chi connectivity index (χ0) is 10.6. The monoisotopic (exact) mass is 269 g/mol. The lowest BCUT2D eigenvalue weighted by atomic mass is 10.1. The van der Waals surface area contributed by atoms with Gasteiger partial charge in [-0.25, -0.2) is 9.59 Å². The molecular formula is C9H13Cl2NO4. The molecule has 0 bridgehead atoms. The van der Waals surface area contributed by atoms with Crippen molar-refractivity contribution in [3.63, 3.8) is 0 Å². The molecule has 0 atom stereocenters. The van der Waals surface area contributed by atoms with Gasteiger partial charge in [0, 0.05) is 18.8 Å². The average Bonchev–Trinajstić information content (AvgIpc) is 2.27. The topological polar surface area (TPSA) is 64.6 Å². The summed E-state index contributed by atoms with van der Waals surface area (Å²) in [6.07, 6.45) is 3.23. The molecule has 0 aromatic carbocycles. The first-order valence-electron chi connectivity index (χ1n) is 3.99. The fourth-order valence-electron chi connectivity index (χ4n) is 1.07. The molecule has 1 aliphatic heterocycles. The molecule has 0 fully saturated rings. The van der Waals surface area contributed by atoms with E-state index in [0.717, 1.165) is 0 Å². The molecule has 1 aliphatic rings. The number of hydrogen-bond acceptors (Lipinski definition) is 5. The first-order chi connectivity index (χ1) is 6.69. The van der Waals surface area contributed by atoms with E-state index in [4.69, 9.17) is 0 Å². The van der Waals surface area contributed by atoms with E-state index in [9.17, 15) is 9.59 Å². The fourth-order valence-corrected chi connectivity index (χ4v) is 1.07. The number of carbonyl (C=O) groups excluding carboxylic acids is 2. The highest BCUT2D eigenvalue weighted by Crippen LogP contribution is 2.15. The second-order valence-electron chi connectivity index (χ2n) is 2.67. The molecule has 7 heteroatoms. The van der Waals surface area contributed by atoms with Gasteiger partial charge in [0.25, 0.3) is 0 Å². The van der Waals surface area contributed by atoms with Crippen LogP contribution in [-0.2, 0) is 19.1 Å². The van der Waals surface area contributed by atoms with Gasteiger partial charge in [0.05, 0.1) is 25.4 Å². The van der Waals surface area contributed by atoms with Crippen molar-refractivity contribution in [3.05, 3.63) is 23.5 Å². The molecular weight excluding hydrogens is 257 g/mol. The maximum atomic E-state index is 11.1. The lowest BCUT2D eigenvalue weighted by Gasteiger charge is -2.12. The molecule has 1 heterocycles. The number of rotatable bonds is 2. The zero-order valence-electron chi connectivity index (χ0n) is 8.81. The Labute approximate surface area is 106 Å². The molecule has 92 valence electrons. The Balaban J connectivity index is 0. The standard InChI is InChI=1S/C9H11NO4.2ClH/c1-13-8(11)6-3-7(5-10-4-6)9(12)14-2;;/h4-5,10H,3H2,1-2H3;2*1H. The van der Waals surface area contributed by atoms with Crippen LogP contribution in [0.2, 0.25) is 0 Å². The van der Waals surface area contributed by atoms with Gasteiger partial charge in [-0.05, 0) is 0 Å². The second kappa shape index (κ2) is 8.01. The summed E-state index contributed by atoms with van der Waals surface area (Å²) in [6, 6.07) is 0. The fraction of sp³-hybridized carbons (Fsp3) is 0.333. The Morgan fingerprint density at radius 3 is 1.75 bits per heavy atom. The molecule has 0 aromatic rings. The van der Waals surface area contributed by atoms with Gasteiger partial charge in [-0.2, -0.15) is 0 Å². The maximum absolute atomic E-state index is 11.1. The minimum absolute atomic E-state index is 0. The van der Waals surface area contributed by atoms with Crippen LogP contribution >= 0.6 is 24.8 Å². The van der Waals surface area contributed by atoms with Crippen LogP contribution in [0.4, 0.5) is 0 Å². The minimum Gasteiger partial charge on any atom is -0.466 e. The van der Waals surface area contributed by atoms with Crippen LogP contribution in [-0.4, -0.2) is 26.2 Å². The third-order valence-electron chi connectivity index (χ3n) is 1.79. The number of methoxy groups -OCH3 is 2. The molecule has 1 N–H and O–H groups in total. The first-order valence-corrected chi connectivity index (χ1v) is 3.99. The SMILES string of the molecule is COC(=O)C1=CNC=C(C(=O)OC)C1.Cl.Cl. The molecule has 16 heavy (non-hydrogen) atoms.